The van der Waals surface area contributed by atoms with E-state index in [0.29, 0.717) is 13.0 Å². The summed E-state index contributed by atoms with van der Waals surface area (Å²) >= 11 is 0. The van der Waals surface area contributed by atoms with Crippen molar-refractivity contribution in [3.8, 4) is 0 Å². The quantitative estimate of drug-likeness (QED) is 0.924. The maximum atomic E-state index is 12.6. The Morgan fingerprint density at radius 1 is 1.24 bits per heavy atom. The molecule has 1 aliphatic rings. The summed E-state index contributed by atoms with van der Waals surface area (Å²) in [7, 11) is 0. The van der Waals surface area contributed by atoms with Gasteiger partial charge in [-0.05, 0) is 31.7 Å². The fourth-order valence-electron chi connectivity index (χ4n) is 2.88. The van der Waals surface area contributed by atoms with Gasteiger partial charge < -0.3 is 10.2 Å². The number of benzene rings is 1. The molecule has 114 valence electrons. The van der Waals surface area contributed by atoms with Crippen molar-refractivity contribution in [1.82, 2.24) is 10.2 Å². The SMILES string of the molecule is CCC1C(=O)NC(C)(C)C(=O)N1CC(C)c1ccccc1. The van der Waals surface area contributed by atoms with Crippen LogP contribution in [0, 0.1) is 0 Å². The van der Waals surface area contributed by atoms with Crippen molar-refractivity contribution < 1.29 is 9.59 Å². The van der Waals surface area contributed by atoms with Gasteiger partial charge in [0.2, 0.25) is 11.8 Å². The van der Waals surface area contributed by atoms with Gasteiger partial charge in [0.1, 0.15) is 11.6 Å². The molecule has 0 aliphatic carbocycles. The highest BCUT2D eigenvalue weighted by atomic mass is 16.2. The zero-order valence-corrected chi connectivity index (χ0v) is 13.2. The van der Waals surface area contributed by atoms with Crippen LogP contribution in [0.5, 0.6) is 0 Å². The number of rotatable bonds is 4. The largest absolute Gasteiger partial charge is 0.340 e. The minimum atomic E-state index is -0.820. The van der Waals surface area contributed by atoms with E-state index < -0.39 is 5.54 Å². The van der Waals surface area contributed by atoms with Crippen molar-refractivity contribution in [2.75, 3.05) is 6.54 Å². The van der Waals surface area contributed by atoms with Crippen molar-refractivity contribution in [2.24, 2.45) is 0 Å². The van der Waals surface area contributed by atoms with Crippen molar-refractivity contribution >= 4 is 11.8 Å². The molecular formula is C17H24N2O2. The Bertz CT molecular complexity index is 525. The predicted molar refractivity (Wildman–Crippen MR) is 82.9 cm³/mol. The summed E-state index contributed by atoms with van der Waals surface area (Å²) in [6.45, 7) is 8.13. The molecule has 4 nitrogen and oxygen atoms in total. The molecule has 1 aliphatic heterocycles. The van der Waals surface area contributed by atoms with Crippen LogP contribution >= 0.6 is 0 Å². The summed E-state index contributed by atoms with van der Waals surface area (Å²) in [5, 5.41) is 2.82. The van der Waals surface area contributed by atoms with Gasteiger partial charge in [-0.2, -0.15) is 0 Å². The van der Waals surface area contributed by atoms with Crippen LogP contribution in [0.2, 0.25) is 0 Å². The standard InChI is InChI=1S/C17H24N2O2/c1-5-14-15(20)18-17(3,4)16(21)19(14)11-12(2)13-9-7-6-8-10-13/h6-10,12,14H,5,11H2,1-4H3,(H,18,20). The number of nitrogens with zero attached hydrogens (tertiary/aromatic N) is 1. The van der Waals surface area contributed by atoms with Crippen LogP contribution in [-0.4, -0.2) is 34.8 Å². The Balaban J connectivity index is 2.22. The molecule has 0 bridgehead atoms. The van der Waals surface area contributed by atoms with Crippen LogP contribution in [-0.2, 0) is 9.59 Å². The molecule has 21 heavy (non-hydrogen) atoms. The van der Waals surface area contributed by atoms with Gasteiger partial charge in [0.15, 0.2) is 0 Å². The van der Waals surface area contributed by atoms with Gasteiger partial charge in [-0.3, -0.25) is 9.59 Å². The number of nitrogens with one attached hydrogen (secondary N) is 1. The minimum absolute atomic E-state index is 0.00303. The summed E-state index contributed by atoms with van der Waals surface area (Å²) in [6, 6.07) is 9.73. The third-order valence-electron chi connectivity index (χ3n) is 4.14. The Kier molecular flexibility index (Phi) is 4.35. The summed E-state index contributed by atoms with van der Waals surface area (Å²) in [5.41, 5.74) is 0.364. The summed E-state index contributed by atoms with van der Waals surface area (Å²) < 4.78 is 0. The fraction of sp³-hybridized carbons (Fsp3) is 0.529. The topological polar surface area (TPSA) is 49.4 Å². The number of amides is 2. The molecule has 1 fully saturated rings. The molecular weight excluding hydrogens is 264 g/mol. The third-order valence-corrected chi connectivity index (χ3v) is 4.14. The molecule has 0 aromatic heterocycles. The highest BCUT2D eigenvalue weighted by molar-refractivity contribution is 5.99. The van der Waals surface area contributed by atoms with Crippen LogP contribution in [0.4, 0.5) is 0 Å². The van der Waals surface area contributed by atoms with Crippen LogP contribution in [0.1, 0.15) is 45.6 Å². The number of piperazine rings is 1. The molecule has 0 radical (unpaired) electrons. The minimum Gasteiger partial charge on any atom is -0.340 e. The smallest absolute Gasteiger partial charge is 0.248 e. The molecule has 1 heterocycles. The Hall–Kier alpha value is -1.84. The molecule has 0 spiro atoms. The van der Waals surface area contributed by atoms with Gasteiger partial charge in [0.25, 0.3) is 0 Å². The number of carbonyl (C=O) groups excluding carboxylic acids is 2. The second-order valence-corrected chi connectivity index (χ2v) is 6.31. The Morgan fingerprint density at radius 2 is 1.86 bits per heavy atom. The number of carbonyl (C=O) groups is 2. The maximum absolute atomic E-state index is 12.6. The lowest BCUT2D eigenvalue weighted by atomic mass is 9.93. The summed E-state index contributed by atoms with van der Waals surface area (Å²) in [4.78, 5) is 26.6. The van der Waals surface area contributed by atoms with Crippen LogP contribution in [0.15, 0.2) is 30.3 Å². The average molecular weight is 288 g/mol. The molecule has 2 amide bonds. The van der Waals surface area contributed by atoms with Gasteiger partial charge >= 0.3 is 0 Å². The first kappa shape index (κ1) is 15.5. The summed E-state index contributed by atoms with van der Waals surface area (Å²) in [5.74, 6) is 0.144. The zero-order valence-electron chi connectivity index (χ0n) is 13.2. The highest BCUT2D eigenvalue weighted by Crippen LogP contribution is 2.24. The van der Waals surface area contributed by atoms with Gasteiger partial charge in [-0.15, -0.1) is 0 Å². The van der Waals surface area contributed by atoms with Crippen molar-refractivity contribution in [2.45, 2.75) is 51.6 Å². The molecule has 1 saturated heterocycles. The van der Waals surface area contributed by atoms with E-state index in [1.807, 2.05) is 25.1 Å². The van der Waals surface area contributed by atoms with E-state index in [-0.39, 0.29) is 23.8 Å². The van der Waals surface area contributed by atoms with Crippen molar-refractivity contribution in [3.05, 3.63) is 35.9 Å². The van der Waals surface area contributed by atoms with Gasteiger partial charge in [-0.1, -0.05) is 44.2 Å². The lowest BCUT2D eigenvalue weighted by Crippen LogP contribution is -2.68. The van der Waals surface area contributed by atoms with Crippen molar-refractivity contribution in [3.63, 3.8) is 0 Å². The van der Waals surface area contributed by atoms with Gasteiger partial charge in [-0.25, -0.2) is 0 Å². The zero-order chi connectivity index (χ0) is 15.6. The van der Waals surface area contributed by atoms with Crippen LogP contribution in [0.3, 0.4) is 0 Å². The van der Waals surface area contributed by atoms with E-state index in [4.69, 9.17) is 0 Å². The maximum Gasteiger partial charge on any atom is 0.248 e. The van der Waals surface area contributed by atoms with E-state index in [2.05, 4.69) is 24.4 Å². The second-order valence-electron chi connectivity index (χ2n) is 6.31. The normalized spacial score (nSPS) is 22.9. The first-order chi connectivity index (χ1) is 9.86. The van der Waals surface area contributed by atoms with E-state index >= 15 is 0 Å². The molecule has 4 heteroatoms. The molecule has 2 atom stereocenters. The van der Waals surface area contributed by atoms with E-state index in [0.717, 1.165) is 0 Å². The average Bonchev–Trinajstić information content (AvgIpc) is 2.45. The first-order valence-electron chi connectivity index (χ1n) is 7.55. The predicted octanol–water partition coefficient (Wildman–Crippen LogP) is 2.31. The molecule has 2 unspecified atom stereocenters. The molecule has 1 aromatic rings. The summed E-state index contributed by atoms with van der Waals surface area (Å²) in [6.07, 6.45) is 0.634. The lowest BCUT2D eigenvalue weighted by Gasteiger charge is -2.43. The molecule has 0 saturated carbocycles. The van der Waals surface area contributed by atoms with Crippen LogP contribution in [0.25, 0.3) is 0 Å². The third kappa shape index (κ3) is 3.09. The van der Waals surface area contributed by atoms with E-state index in [1.165, 1.54) is 5.56 Å². The number of hydrogen-bond acceptors (Lipinski definition) is 2. The Labute approximate surface area is 126 Å². The highest BCUT2D eigenvalue weighted by Gasteiger charge is 2.44. The fourth-order valence-corrected chi connectivity index (χ4v) is 2.88. The van der Waals surface area contributed by atoms with Crippen molar-refractivity contribution in [1.29, 1.82) is 0 Å². The Morgan fingerprint density at radius 3 is 2.43 bits per heavy atom. The van der Waals surface area contributed by atoms with Gasteiger partial charge in [0, 0.05) is 6.54 Å². The first-order valence-corrected chi connectivity index (χ1v) is 7.55. The monoisotopic (exact) mass is 288 g/mol. The second kappa shape index (κ2) is 5.88. The molecule has 1 aromatic carbocycles. The van der Waals surface area contributed by atoms with E-state index in [1.54, 1.807) is 18.7 Å². The van der Waals surface area contributed by atoms with Crippen LogP contribution < -0.4 is 5.32 Å². The molecule has 2 rings (SSSR count). The lowest BCUT2D eigenvalue weighted by molar-refractivity contribution is -0.153. The number of hydrogen-bond donors (Lipinski definition) is 1. The molecule has 1 N–H and O–H groups in total. The van der Waals surface area contributed by atoms with Gasteiger partial charge in [0.05, 0.1) is 0 Å². The van der Waals surface area contributed by atoms with E-state index in [9.17, 15) is 9.59 Å².